The molecule has 1 heterocycles. The second kappa shape index (κ2) is 6.36. The Morgan fingerprint density at radius 2 is 2.05 bits per heavy atom. The van der Waals surface area contributed by atoms with Crippen LogP contribution in [0.3, 0.4) is 0 Å². The van der Waals surface area contributed by atoms with Crippen LogP contribution < -0.4 is 10.5 Å². The molecule has 0 bridgehead atoms. The zero-order valence-electron chi connectivity index (χ0n) is 11.8. The lowest BCUT2D eigenvalue weighted by molar-refractivity contribution is 0.598. The Hall–Kier alpha value is -1.08. The quantitative estimate of drug-likeness (QED) is 0.866. The van der Waals surface area contributed by atoms with Gasteiger partial charge in [-0.2, -0.15) is 0 Å². The topological polar surface area (TPSA) is 72.2 Å². The Bertz CT molecular complexity index is 741. The number of anilines is 1. The smallest absolute Gasteiger partial charge is 0.238 e. The fourth-order valence-corrected chi connectivity index (χ4v) is 3.58. The predicted molar refractivity (Wildman–Crippen MR) is 88.6 cm³/mol. The molecule has 0 saturated carbocycles. The van der Waals surface area contributed by atoms with Crippen LogP contribution >= 0.6 is 22.9 Å². The summed E-state index contributed by atoms with van der Waals surface area (Å²) in [6.45, 7) is 4.12. The molecule has 1 aromatic heterocycles. The molecule has 0 amide bonds. The summed E-state index contributed by atoms with van der Waals surface area (Å²) in [6, 6.07) is 8.58. The summed E-state index contributed by atoms with van der Waals surface area (Å²) in [4.78, 5) is 2.52. The number of thiophene rings is 1. The summed E-state index contributed by atoms with van der Waals surface area (Å²) >= 11 is 7.84. The number of hydrogen-bond acceptors (Lipinski definition) is 4. The number of nitrogens with one attached hydrogen (secondary N) is 1. The van der Waals surface area contributed by atoms with Gasteiger partial charge in [0.05, 0.1) is 21.6 Å². The zero-order chi connectivity index (χ0) is 15.6. The van der Waals surface area contributed by atoms with Crippen molar-refractivity contribution < 1.29 is 8.42 Å². The molecule has 0 aliphatic heterocycles. The Morgan fingerprint density at radius 3 is 2.62 bits per heavy atom. The SMILES string of the molecule is CCc1ccc(C(C)Nc2cc(S(N)(=O)=O)ccc2Cl)s1. The van der Waals surface area contributed by atoms with Crippen molar-refractivity contribution in [2.24, 2.45) is 5.14 Å². The van der Waals surface area contributed by atoms with E-state index in [9.17, 15) is 8.42 Å². The molecule has 1 atom stereocenters. The molecule has 0 aliphatic carbocycles. The van der Waals surface area contributed by atoms with E-state index in [1.165, 1.54) is 28.0 Å². The summed E-state index contributed by atoms with van der Waals surface area (Å²) in [5.41, 5.74) is 0.558. The van der Waals surface area contributed by atoms with E-state index in [0.29, 0.717) is 10.7 Å². The van der Waals surface area contributed by atoms with Crippen molar-refractivity contribution in [3.63, 3.8) is 0 Å². The highest BCUT2D eigenvalue weighted by atomic mass is 35.5. The van der Waals surface area contributed by atoms with Gasteiger partial charge in [-0.05, 0) is 43.7 Å². The monoisotopic (exact) mass is 344 g/mol. The third-order valence-corrected chi connectivity index (χ3v) is 5.75. The maximum Gasteiger partial charge on any atom is 0.238 e. The van der Waals surface area contributed by atoms with Gasteiger partial charge in [-0.15, -0.1) is 11.3 Å². The van der Waals surface area contributed by atoms with Gasteiger partial charge >= 0.3 is 0 Å². The Morgan fingerprint density at radius 1 is 1.33 bits per heavy atom. The average molecular weight is 345 g/mol. The van der Waals surface area contributed by atoms with E-state index in [1.54, 1.807) is 11.3 Å². The average Bonchev–Trinajstić information content (AvgIpc) is 2.88. The lowest BCUT2D eigenvalue weighted by Crippen LogP contribution is -2.13. The van der Waals surface area contributed by atoms with Crippen LogP contribution in [0.15, 0.2) is 35.2 Å². The Kier molecular flexibility index (Phi) is 4.93. The summed E-state index contributed by atoms with van der Waals surface area (Å²) < 4.78 is 22.8. The first kappa shape index (κ1) is 16.3. The number of halogens is 1. The number of rotatable bonds is 5. The van der Waals surface area contributed by atoms with Crippen LogP contribution in [0.25, 0.3) is 0 Å². The van der Waals surface area contributed by atoms with Crippen molar-refractivity contribution in [2.75, 3.05) is 5.32 Å². The van der Waals surface area contributed by atoms with Gasteiger partial charge in [0.15, 0.2) is 0 Å². The summed E-state index contributed by atoms with van der Waals surface area (Å²) in [6.07, 6.45) is 0.999. The van der Waals surface area contributed by atoms with Crippen LogP contribution in [-0.4, -0.2) is 8.42 Å². The van der Waals surface area contributed by atoms with Gasteiger partial charge in [0.1, 0.15) is 0 Å². The van der Waals surface area contributed by atoms with Crippen LogP contribution in [0.2, 0.25) is 5.02 Å². The number of sulfonamides is 1. The molecular weight excluding hydrogens is 328 g/mol. The van der Waals surface area contributed by atoms with Crippen molar-refractivity contribution in [3.8, 4) is 0 Å². The van der Waals surface area contributed by atoms with Crippen molar-refractivity contribution >= 4 is 38.6 Å². The molecule has 1 unspecified atom stereocenters. The van der Waals surface area contributed by atoms with Crippen LogP contribution in [0.5, 0.6) is 0 Å². The maximum absolute atomic E-state index is 11.4. The van der Waals surface area contributed by atoms with Crippen molar-refractivity contribution in [1.29, 1.82) is 0 Å². The van der Waals surface area contributed by atoms with Crippen LogP contribution in [0.4, 0.5) is 5.69 Å². The molecule has 1 aromatic carbocycles. The van der Waals surface area contributed by atoms with Gasteiger partial charge in [-0.3, -0.25) is 0 Å². The molecule has 2 aromatic rings. The minimum atomic E-state index is -3.74. The highest BCUT2D eigenvalue weighted by Gasteiger charge is 2.14. The lowest BCUT2D eigenvalue weighted by Gasteiger charge is -2.15. The first-order valence-corrected chi connectivity index (χ1v) is 9.23. The van der Waals surface area contributed by atoms with Crippen LogP contribution in [0, 0.1) is 0 Å². The normalized spacial score (nSPS) is 13.1. The van der Waals surface area contributed by atoms with Crippen molar-refractivity contribution in [3.05, 3.63) is 45.1 Å². The minimum absolute atomic E-state index is 0.0310. The Labute approximate surface area is 134 Å². The largest absolute Gasteiger partial charge is 0.376 e. The fraction of sp³-hybridized carbons (Fsp3) is 0.286. The van der Waals surface area contributed by atoms with E-state index in [0.717, 1.165) is 6.42 Å². The molecule has 3 N–H and O–H groups in total. The number of primary sulfonamides is 1. The highest BCUT2D eigenvalue weighted by molar-refractivity contribution is 7.89. The van der Waals surface area contributed by atoms with Crippen LogP contribution in [0.1, 0.15) is 29.6 Å². The highest BCUT2D eigenvalue weighted by Crippen LogP contribution is 2.31. The third kappa shape index (κ3) is 3.97. The molecule has 0 saturated heterocycles. The first-order valence-electron chi connectivity index (χ1n) is 6.48. The van der Waals surface area contributed by atoms with E-state index in [4.69, 9.17) is 16.7 Å². The van der Waals surface area contributed by atoms with E-state index in [2.05, 4.69) is 24.4 Å². The van der Waals surface area contributed by atoms with E-state index >= 15 is 0 Å². The fourth-order valence-electron chi connectivity index (χ4n) is 1.91. The zero-order valence-corrected chi connectivity index (χ0v) is 14.1. The molecule has 4 nitrogen and oxygen atoms in total. The summed E-state index contributed by atoms with van der Waals surface area (Å²) in [5.74, 6) is 0. The maximum atomic E-state index is 11.4. The third-order valence-electron chi connectivity index (χ3n) is 3.10. The molecule has 0 spiro atoms. The lowest BCUT2D eigenvalue weighted by atomic mass is 10.2. The number of hydrogen-bond donors (Lipinski definition) is 2. The van der Waals surface area contributed by atoms with Crippen molar-refractivity contribution in [2.45, 2.75) is 31.2 Å². The molecule has 0 aliphatic rings. The van der Waals surface area contributed by atoms with Gasteiger partial charge in [-0.1, -0.05) is 18.5 Å². The molecule has 0 fully saturated rings. The number of benzene rings is 1. The standard InChI is InChI=1S/C14H17ClN2O2S2/c1-3-10-4-7-14(20-10)9(2)17-13-8-11(21(16,18)19)5-6-12(13)15/h4-9,17H,3H2,1-2H3,(H2,16,18,19). The van der Waals surface area contributed by atoms with Gasteiger partial charge in [0.25, 0.3) is 0 Å². The van der Waals surface area contributed by atoms with Gasteiger partial charge in [-0.25, -0.2) is 13.6 Å². The summed E-state index contributed by atoms with van der Waals surface area (Å²) in [7, 11) is -3.74. The first-order chi connectivity index (χ1) is 9.81. The molecule has 114 valence electrons. The molecule has 21 heavy (non-hydrogen) atoms. The van der Waals surface area contributed by atoms with Crippen LogP contribution in [-0.2, 0) is 16.4 Å². The second-order valence-corrected chi connectivity index (χ2v) is 7.88. The number of aryl methyl sites for hydroxylation is 1. The van der Waals surface area contributed by atoms with Gasteiger partial charge < -0.3 is 5.32 Å². The molecular formula is C14H17ClN2O2S2. The van der Waals surface area contributed by atoms with E-state index in [1.807, 2.05) is 6.92 Å². The number of nitrogens with two attached hydrogens (primary N) is 1. The second-order valence-electron chi connectivity index (χ2n) is 4.71. The predicted octanol–water partition coefficient (Wildman–Crippen LogP) is 3.78. The molecule has 7 heteroatoms. The molecule has 0 radical (unpaired) electrons. The van der Waals surface area contributed by atoms with Gasteiger partial charge in [0, 0.05) is 9.75 Å². The van der Waals surface area contributed by atoms with E-state index < -0.39 is 10.0 Å². The van der Waals surface area contributed by atoms with Crippen molar-refractivity contribution in [1.82, 2.24) is 0 Å². The molecule has 2 rings (SSSR count). The Balaban J connectivity index is 2.26. The minimum Gasteiger partial charge on any atom is -0.376 e. The van der Waals surface area contributed by atoms with Gasteiger partial charge in [0.2, 0.25) is 10.0 Å². The summed E-state index contributed by atoms with van der Waals surface area (Å²) in [5, 5.41) is 8.84. The van der Waals surface area contributed by atoms with E-state index in [-0.39, 0.29) is 10.9 Å².